The molecular formula is C18H16F2N2O2S2. The zero-order valence-electron chi connectivity index (χ0n) is 14.3. The van der Waals surface area contributed by atoms with E-state index >= 15 is 0 Å². The van der Waals surface area contributed by atoms with Crippen molar-refractivity contribution in [1.82, 2.24) is 8.96 Å². The van der Waals surface area contributed by atoms with Crippen LogP contribution in [0.3, 0.4) is 0 Å². The van der Waals surface area contributed by atoms with Gasteiger partial charge in [-0.2, -0.15) is 0 Å². The lowest BCUT2D eigenvalue weighted by atomic mass is 9.98. The first kappa shape index (κ1) is 18.6. The van der Waals surface area contributed by atoms with Gasteiger partial charge in [-0.25, -0.2) is 26.2 Å². The molecule has 1 heterocycles. The molecule has 0 aliphatic heterocycles. The molecule has 0 atom stereocenters. The maximum atomic E-state index is 14.3. The standard InChI is InChI=1S/C18H16F2N2O2S2/c1-11-21-16-8-7-12(9-17(16)22(11)26(3,23)24)14(10-25-2)13-5-4-6-15(19)18(13)20/h4-10H,1-3H3/b14-10-. The van der Waals surface area contributed by atoms with Crippen LogP contribution in [0, 0.1) is 18.6 Å². The molecule has 2 aromatic carbocycles. The number of halogens is 2. The summed E-state index contributed by atoms with van der Waals surface area (Å²) >= 11 is 1.34. The fourth-order valence-corrected chi connectivity index (χ4v) is 4.40. The molecule has 0 saturated heterocycles. The van der Waals surface area contributed by atoms with Gasteiger partial charge in [0.05, 0.1) is 17.3 Å². The highest BCUT2D eigenvalue weighted by atomic mass is 32.2. The van der Waals surface area contributed by atoms with Crippen LogP contribution in [0.2, 0.25) is 0 Å². The van der Waals surface area contributed by atoms with Gasteiger partial charge in [-0.3, -0.25) is 0 Å². The summed E-state index contributed by atoms with van der Waals surface area (Å²) in [6, 6.07) is 9.00. The van der Waals surface area contributed by atoms with Crippen molar-refractivity contribution in [2.75, 3.05) is 12.5 Å². The van der Waals surface area contributed by atoms with E-state index in [2.05, 4.69) is 4.98 Å². The monoisotopic (exact) mass is 394 g/mol. The van der Waals surface area contributed by atoms with Crippen LogP contribution in [-0.4, -0.2) is 29.9 Å². The van der Waals surface area contributed by atoms with Gasteiger partial charge >= 0.3 is 0 Å². The third kappa shape index (κ3) is 3.26. The summed E-state index contributed by atoms with van der Waals surface area (Å²) < 4.78 is 53.3. The lowest BCUT2D eigenvalue weighted by Crippen LogP contribution is -2.11. The highest BCUT2D eigenvalue weighted by Gasteiger charge is 2.18. The Kier molecular flexibility index (Phi) is 4.90. The molecule has 136 valence electrons. The van der Waals surface area contributed by atoms with E-state index in [1.54, 1.807) is 36.8 Å². The molecule has 0 bridgehead atoms. The van der Waals surface area contributed by atoms with E-state index in [0.717, 1.165) is 16.3 Å². The Hall–Kier alpha value is -2.19. The first-order chi connectivity index (χ1) is 12.2. The molecule has 8 heteroatoms. The number of hydrogen-bond acceptors (Lipinski definition) is 4. The summed E-state index contributed by atoms with van der Waals surface area (Å²) in [5.74, 6) is -1.54. The Labute approximate surface area is 154 Å². The first-order valence-electron chi connectivity index (χ1n) is 7.61. The molecule has 0 N–H and O–H groups in total. The number of fused-ring (bicyclic) bond motifs is 1. The van der Waals surface area contributed by atoms with Crippen molar-refractivity contribution in [3.8, 4) is 0 Å². The smallest absolute Gasteiger partial charge is 0.232 e. The van der Waals surface area contributed by atoms with Gasteiger partial charge in [0.15, 0.2) is 11.6 Å². The minimum atomic E-state index is -3.56. The molecule has 0 spiro atoms. The third-order valence-corrected chi connectivity index (χ3v) is 5.49. The molecule has 4 nitrogen and oxygen atoms in total. The topological polar surface area (TPSA) is 52.0 Å². The van der Waals surface area contributed by atoms with E-state index in [0.29, 0.717) is 28.0 Å². The van der Waals surface area contributed by atoms with Crippen LogP contribution in [0.25, 0.3) is 16.6 Å². The van der Waals surface area contributed by atoms with Crippen LogP contribution in [0.15, 0.2) is 41.8 Å². The van der Waals surface area contributed by atoms with Gasteiger partial charge < -0.3 is 0 Å². The summed E-state index contributed by atoms with van der Waals surface area (Å²) in [7, 11) is -3.56. The van der Waals surface area contributed by atoms with Gasteiger partial charge in [-0.05, 0) is 47.9 Å². The van der Waals surface area contributed by atoms with Crippen molar-refractivity contribution in [2.45, 2.75) is 6.92 Å². The van der Waals surface area contributed by atoms with Gasteiger partial charge in [-0.15, -0.1) is 11.8 Å². The zero-order valence-corrected chi connectivity index (χ0v) is 16.0. The molecular weight excluding hydrogens is 378 g/mol. The molecule has 3 rings (SSSR count). The highest BCUT2D eigenvalue weighted by molar-refractivity contribution is 8.01. The minimum absolute atomic E-state index is 0.112. The fourth-order valence-electron chi connectivity index (χ4n) is 2.88. The summed E-state index contributed by atoms with van der Waals surface area (Å²) in [5.41, 5.74) is 2.06. The SMILES string of the molecule is CS/C=C(/c1ccc2nc(C)n(S(C)(=O)=O)c2c1)c1cccc(F)c1F. The lowest BCUT2D eigenvalue weighted by molar-refractivity contribution is 0.506. The highest BCUT2D eigenvalue weighted by Crippen LogP contribution is 2.31. The Balaban J connectivity index is 2.28. The van der Waals surface area contributed by atoms with Crippen molar-refractivity contribution in [1.29, 1.82) is 0 Å². The number of imidazole rings is 1. The van der Waals surface area contributed by atoms with Crippen molar-refractivity contribution >= 4 is 38.4 Å². The van der Waals surface area contributed by atoms with Crippen LogP contribution >= 0.6 is 11.8 Å². The van der Waals surface area contributed by atoms with Crippen LogP contribution < -0.4 is 0 Å². The lowest BCUT2D eigenvalue weighted by Gasteiger charge is -2.11. The van der Waals surface area contributed by atoms with E-state index in [9.17, 15) is 17.2 Å². The van der Waals surface area contributed by atoms with Crippen LogP contribution in [0.4, 0.5) is 8.78 Å². The Morgan fingerprint density at radius 1 is 1.23 bits per heavy atom. The predicted molar refractivity (Wildman–Crippen MR) is 102 cm³/mol. The van der Waals surface area contributed by atoms with E-state index in [1.165, 1.54) is 23.9 Å². The Morgan fingerprint density at radius 2 is 1.96 bits per heavy atom. The summed E-state index contributed by atoms with van der Waals surface area (Å²) in [5, 5.41) is 1.70. The molecule has 0 unspecified atom stereocenters. The average molecular weight is 394 g/mol. The quantitative estimate of drug-likeness (QED) is 0.666. The predicted octanol–water partition coefficient (Wildman–Crippen LogP) is 4.18. The second-order valence-corrected chi connectivity index (χ2v) is 8.30. The van der Waals surface area contributed by atoms with E-state index < -0.39 is 21.7 Å². The van der Waals surface area contributed by atoms with Crippen LogP contribution in [-0.2, 0) is 10.0 Å². The minimum Gasteiger partial charge on any atom is -0.232 e. The van der Waals surface area contributed by atoms with Crippen molar-refractivity contribution in [3.63, 3.8) is 0 Å². The fraction of sp³-hybridized carbons (Fsp3) is 0.167. The zero-order chi connectivity index (χ0) is 19.1. The molecule has 0 fully saturated rings. The maximum absolute atomic E-state index is 14.3. The van der Waals surface area contributed by atoms with Crippen molar-refractivity contribution < 1.29 is 17.2 Å². The third-order valence-electron chi connectivity index (χ3n) is 3.89. The summed E-state index contributed by atoms with van der Waals surface area (Å²) in [6.07, 6.45) is 2.90. The van der Waals surface area contributed by atoms with Gasteiger partial charge in [0.2, 0.25) is 10.0 Å². The number of thioether (sulfide) groups is 1. The molecule has 0 aliphatic carbocycles. The first-order valence-corrected chi connectivity index (χ1v) is 10.7. The van der Waals surface area contributed by atoms with Gasteiger partial charge in [-0.1, -0.05) is 18.2 Å². The number of rotatable bonds is 4. The number of nitrogens with zero attached hydrogens (tertiary/aromatic N) is 2. The average Bonchev–Trinajstić information content (AvgIpc) is 2.90. The van der Waals surface area contributed by atoms with Gasteiger partial charge in [0.1, 0.15) is 5.82 Å². The van der Waals surface area contributed by atoms with Crippen molar-refractivity contribution in [3.05, 3.63) is 70.4 Å². The van der Waals surface area contributed by atoms with Crippen molar-refractivity contribution in [2.24, 2.45) is 0 Å². The molecule has 0 saturated carbocycles. The molecule has 1 aromatic heterocycles. The Bertz CT molecular complexity index is 1140. The molecule has 0 aliphatic rings. The van der Waals surface area contributed by atoms with E-state index in [-0.39, 0.29) is 5.56 Å². The van der Waals surface area contributed by atoms with E-state index in [1.807, 2.05) is 0 Å². The molecule has 26 heavy (non-hydrogen) atoms. The number of aryl methyl sites for hydroxylation is 1. The second-order valence-electron chi connectivity index (χ2n) is 5.76. The Morgan fingerprint density at radius 3 is 2.62 bits per heavy atom. The van der Waals surface area contributed by atoms with Gasteiger partial charge in [0.25, 0.3) is 0 Å². The molecule has 0 amide bonds. The molecule has 0 radical (unpaired) electrons. The van der Waals surface area contributed by atoms with Crippen LogP contribution in [0.5, 0.6) is 0 Å². The second kappa shape index (κ2) is 6.85. The normalized spacial score (nSPS) is 12.7. The number of aromatic nitrogens is 2. The molecule has 3 aromatic rings. The van der Waals surface area contributed by atoms with Gasteiger partial charge in [0, 0.05) is 5.56 Å². The van der Waals surface area contributed by atoms with E-state index in [4.69, 9.17) is 0 Å². The number of hydrogen-bond donors (Lipinski definition) is 0. The van der Waals surface area contributed by atoms with Crippen LogP contribution in [0.1, 0.15) is 17.0 Å². The summed E-state index contributed by atoms with van der Waals surface area (Å²) in [4.78, 5) is 4.26. The summed E-state index contributed by atoms with van der Waals surface area (Å²) in [6.45, 7) is 1.60. The maximum Gasteiger partial charge on any atom is 0.237 e. The number of benzene rings is 2. The largest absolute Gasteiger partial charge is 0.237 e.